The summed E-state index contributed by atoms with van der Waals surface area (Å²) in [6, 6.07) is 0. The summed E-state index contributed by atoms with van der Waals surface area (Å²) in [7, 11) is -3.66. The van der Waals surface area contributed by atoms with Crippen molar-refractivity contribution >= 4 is 21.7 Å². The highest BCUT2D eigenvalue weighted by Gasteiger charge is 2.40. The van der Waals surface area contributed by atoms with Gasteiger partial charge >= 0.3 is 0 Å². The molecule has 21 heavy (non-hydrogen) atoms. The third kappa shape index (κ3) is 3.29. The molecule has 1 N–H and O–H groups in total. The smallest absolute Gasteiger partial charge is 0.237 e. The van der Waals surface area contributed by atoms with Crippen LogP contribution >= 0.6 is 0 Å². The Kier molecular flexibility index (Phi) is 4.05. The van der Waals surface area contributed by atoms with Gasteiger partial charge in [0.25, 0.3) is 0 Å². The second-order valence-corrected chi connectivity index (χ2v) is 8.34. The third-order valence-corrected chi connectivity index (χ3v) is 6.67. The van der Waals surface area contributed by atoms with Crippen LogP contribution in [0.1, 0.15) is 51.4 Å². The highest BCUT2D eigenvalue weighted by Crippen LogP contribution is 2.36. The number of fused-ring (bicyclic) bond motifs is 2. The predicted octanol–water partition coefficient (Wildman–Crippen LogP) is 0.902. The van der Waals surface area contributed by atoms with Crippen molar-refractivity contribution in [2.75, 3.05) is 0 Å². The Balaban J connectivity index is 1.60. The lowest BCUT2D eigenvalue weighted by Gasteiger charge is -2.28. The lowest BCUT2D eigenvalue weighted by atomic mass is 9.95. The molecule has 1 aliphatic carbocycles. The molecule has 2 saturated heterocycles. The highest BCUT2D eigenvalue weighted by molar-refractivity contribution is 7.90. The Bertz CT molecular complexity index is 522. The van der Waals surface area contributed by atoms with Crippen molar-refractivity contribution in [3.63, 3.8) is 0 Å². The van der Waals surface area contributed by atoms with E-state index in [0.29, 0.717) is 38.5 Å². The van der Waals surface area contributed by atoms with Gasteiger partial charge in [0.05, 0.1) is 17.5 Å². The normalized spacial score (nSPS) is 33.9. The number of carbonyl (C=O) groups is 2. The number of ketones is 1. The SMILES string of the molecule is O=C1CCC(S(=O)(=O)NC(=O)C2C[C@H]3CC[C@@H](C2)O3)CC1. The number of sulfonamides is 1. The number of ether oxygens (including phenoxy) is 1. The molecule has 0 radical (unpaired) electrons. The fraction of sp³-hybridized carbons (Fsp3) is 0.857. The molecule has 3 aliphatic rings. The van der Waals surface area contributed by atoms with Crippen molar-refractivity contribution in [1.29, 1.82) is 0 Å². The molecule has 3 rings (SSSR count). The van der Waals surface area contributed by atoms with Crippen LogP contribution in [0, 0.1) is 5.92 Å². The molecule has 0 spiro atoms. The molecule has 2 bridgehead atoms. The van der Waals surface area contributed by atoms with E-state index in [1.807, 2.05) is 0 Å². The number of hydrogen-bond donors (Lipinski definition) is 1. The number of amides is 1. The van der Waals surface area contributed by atoms with Crippen LogP contribution < -0.4 is 4.72 Å². The average Bonchev–Trinajstić information content (AvgIpc) is 2.77. The zero-order chi connectivity index (χ0) is 15.0. The summed E-state index contributed by atoms with van der Waals surface area (Å²) in [5, 5.41) is -0.615. The van der Waals surface area contributed by atoms with Gasteiger partial charge in [-0.25, -0.2) is 8.42 Å². The summed E-state index contributed by atoms with van der Waals surface area (Å²) >= 11 is 0. The van der Waals surface area contributed by atoms with E-state index < -0.39 is 21.2 Å². The molecule has 1 amide bonds. The van der Waals surface area contributed by atoms with Crippen LogP contribution in [0.25, 0.3) is 0 Å². The van der Waals surface area contributed by atoms with Crippen molar-refractivity contribution in [2.45, 2.75) is 68.8 Å². The monoisotopic (exact) mass is 315 g/mol. The minimum atomic E-state index is -3.66. The molecule has 118 valence electrons. The summed E-state index contributed by atoms with van der Waals surface area (Å²) < 4.78 is 32.4. The Hall–Kier alpha value is -0.950. The standard InChI is InChI=1S/C14H21NO5S/c16-10-1-5-13(6-2-10)21(18,19)15-14(17)9-7-11-3-4-12(8-9)20-11/h9,11-13H,1-8H2,(H,15,17)/t9?,11-,12+. The lowest BCUT2D eigenvalue weighted by molar-refractivity contribution is -0.128. The van der Waals surface area contributed by atoms with Crippen LogP contribution in [0.15, 0.2) is 0 Å². The van der Waals surface area contributed by atoms with Gasteiger partial charge in [-0.2, -0.15) is 0 Å². The largest absolute Gasteiger partial charge is 0.375 e. The second kappa shape index (κ2) is 5.68. The maximum atomic E-state index is 12.2. The molecule has 7 heteroatoms. The fourth-order valence-corrected chi connectivity index (χ4v) is 5.07. The first-order valence-corrected chi connectivity index (χ1v) is 9.21. The first kappa shape index (κ1) is 15.0. The van der Waals surface area contributed by atoms with Gasteiger partial charge in [-0.1, -0.05) is 0 Å². The van der Waals surface area contributed by atoms with Gasteiger partial charge in [0.1, 0.15) is 5.78 Å². The molecule has 1 unspecified atom stereocenters. The second-order valence-electron chi connectivity index (χ2n) is 6.38. The van der Waals surface area contributed by atoms with E-state index in [0.717, 1.165) is 12.8 Å². The number of carbonyl (C=O) groups excluding carboxylic acids is 2. The average molecular weight is 315 g/mol. The lowest BCUT2D eigenvalue weighted by Crippen LogP contribution is -2.44. The zero-order valence-corrected chi connectivity index (χ0v) is 12.7. The van der Waals surface area contributed by atoms with Crippen molar-refractivity contribution in [3.8, 4) is 0 Å². The maximum absolute atomic E-state index is 12.2. The van der Waals surface area contributed by atoms with Gasteiger partial charge in [-0.3, -0.25) is 14.3 Å². The molecular weight excluding hydrogens is 294 g/mol. The summed E-state index contributed by atoms with van der Waals surface area (Å²) in [5.74, 6) is -0.558. The highest BCUT2D eigenvalue weighted by atomic mass is 32.2. The number of nitrogens with one attached hydrogen (secondary N) is 1. The molecule has 0 aromatic heterocycles. The van der Waals surface area contributed by atoms with Gasteiger partial charge < -0.3 is 4.74 Å². The summed E-state index contributed by atoms with van der Waals surface area (Å²) in [5.41, 5.74) is 0. The van der Waals surface area contributed by atoms with Crippen LogP contribution in [-0.2, 0) is 24.3 Å². The fourth-order valence-electron chi connectivity index (χ4n) is 3.60. The first-order chi connectivity index (χ1) is 9.94. The molecule has 2 heterocycles. The van der Waals surface area contributed by atoms with Gasteiger partial charge in [0.15, 0.2) is 0 Å². The van der Waals surface area contributed by atoms with Gasteiger partial charge in [0.2, 0.25) is 15.9 Å². The Morgan fingerprint density at radius 1 is 1.05 bits per heavy atom. The van der Waals surface area contributed by atoms with Crippen LogP contribution in [0.5, 0.6) is 0 Å². The number of hydrogen-bond acceptors (Lipinski definition) is 5. The van der Waals surface area contributed by atoms with Gasteiger partial charge in [-0.15, -0.1) is 0 Å². The van der Waals surface area contributed by atoms with E-state index in [1.54, 1.807) is 0 Å². The Morgan fingerprint density at radius 3 is 2.19 bits per heavy atom. The van der Waals surface area contributed by atoms with Crippen molar-refractivity contribution < 1.29 is 22.7 Å². The van der Waals surface area contributed by atoms with E-state index in [-0.39, 0.29) is 23.9 Å². The van der Waals surface area contributed by atoms with E-state index >= 15 is 0 Å². The first-order valence-electron chi connectivity index (χ1n) is 7.66. The predicted molar refractivity (Wildman–Crippen MR) is 74.9 cm³/mol. The van der Waals surface area contributed by atoms with Crippen LogP contribution in [0.4, 0.5) is 0 Å². The maximum Gasteiger partial charge on any atom is 0.237 e. The number of Topliss-reactive ketones (excluding diaryl/α,β-unsaturated/α-hetero) is 1. The minimum absolute atomic E-state index is 0.105. The van der Waals surface area contributed by atoms with Gasteiger partial charge in [-0.05, 0) is 38.5 Å². The molecule has 3 atom stereocenters. The molecule has 1 saturated carbocycles. The molecule has 3 fully saturated rings. The molecular formula is C14H21NO5S. The van der Waals surface area contributed by atoms with E-state index in [9.17, 15) is 18.0 Å². The molecule has 0 aromatic rings. The molecule has 6 nitrogen and oxygen atoms in total. The topological polar surface area (TPSA) is 89.5 Å². The van der Waals surface area contributed by atoms with Crippen LogP contribution in [0.3, 0.4) is 0 Å². The van der Waals surface area contributed by atoms with E-state index in [4.69, 9.17) is 4.74 Å². The van der Waals surface area contributed by atoms with Crippen molar-refractivity contribution in [3.05, 3.63) is 0 Å². The van der Waals surface area contributed by atoms with Gasteiger partial charge in [0, 0.05) is 18.8 Å². The Labute approximate surface area is 124 Å². The summed E-state index contributed by atoms with van der Waals surface area (Å²) in [4.78, 5) is 23.4. The van der Waals surface area contributed by atoms with E-state index in [1.165, 1.54) is 0 Å². The molecule has 2 aliphatic heterocycles. The van der Waals surface area contributed by atoms with Crippen molar-refractivity contribution in [2.24, 2.45) is 5.92 Å². The third-order valence-electron chi connectivity index (χ3n) is 4.83. The zero-order valence-electron chi connectivity index (χ0n) is 11.9. The quantitative estimate of drug-likeness (QED) is 0.836. The summed E-state index contributed by atoms with van der Waals surface area (Å²) in [6.07, 6.45) is 4.59. The Morgan fingerprint density at radius 2 is 1.62 bits per heavy atom. The van der Waals surface area contributed by atoms with Crippen LogP contribution in [-0.4, -0.2) is 37.6 Å². The number of rotatable bonds is 3. The molecule has 0 aromatic carbocycles. The van der Waals surface area contributed by atoms with Crippen LogP contribution in [0.2, 0.25) is 0 Å². The summed E-state index contributed by atoms with van der Waals surface area (Å²) in [6.45, 7) is 0. The minimum Gasteiger partial charge on any atom is -0.375 e. The van der Waals surface area contributed by atoms with Crippen molar-refractivity contribution in [1.82, 2.24) is 4.72 Å². The van der Waals surface area contributed by atoms with E-state index in [2.05, 4.69) is 4.72 Å².